The molecule has 0 aliphatic rings. The van der Waals surface area contributed by atoms with E-state index < -0.39 is 0 Å². The number of hydrogen-bond acceptors (Lipinski definition) is 8. The van der Waals surface area contributed by atoms with Gasteiger partial charge in [-0.25, -0.2) is 9.79 Å². The highest BCUT2D eigenvalue weighted by atomic mass is 32.9. The van der Waals surface area contributed by atoms with Gasteiger partial charge in [0, 0.05) is 0 Å². The molecule has 6 nitrogen and oxygen atoms in total. The first-order valence-corrected chi connectivity index (χ1v) is 10.7. The average Bonchev–Trinajstić information content (AvgIpc) is 3.11. The van der Waals surface area contributed by atoms with E-state index in [1.54, 1.807) is 21.1 Å². The van der Waals surface area contributed by atoms with Crippen LogP contribution in [0.1, 0.15) is 16.6 Å². The van der Waals surface area contributed by atoms with Crippen LogP contribution >= 0.6 is 20.7 Å². The van der Waals surface area contributed by atoms with Crippen molar-refractivity contribution in [2.24, 2.45) is 4.99 Å². The van der Waals surface area contributed by atoms with Crippen LogP contribution in [-0.2, 0) is 4.74 Å². The van der Waals surface area contributed by atoms with Gasteiger partial charge in [0.2, 0.25) is 0 Å². The highest BCUT2D eigenvalue weighted by Crippen LogP contribution is 2.32. The van der Waals surface area contributed by atoms with Crippen molar-refractivity contribution in [3.8, 4) is 11.5 Å². The molecule has 0 atom stereocenters. The van der Waals surface area contributed by atoms with E-state index in [9.17, 15) is 4.79 Å². The number of hydrogen-bond donors (Lipinski definition) is 1. The fourth-order valence-electron chi connectivity index (χ4n) is 2.49. The first-order chi connectivity index (χ1) is 13.7. The smallest absolute Gasteiger partial charge is 0.351 e. The van der Waals surface area contributed by atoms with Gasteiger partial charge in [-0.2, -0.15) is 0 Å². The van der Waals surface area contributed by atoms with Crippen molar-refractivity contribution in [2.75, 3.05) is 26.1 Å². The first-order valence-electron chi connectivity index (χ1n) is 8.56. The normalized spacial score (nSPS) is 11.2. The lowest BCUT2D eigenvalue weighted by molar-refractivity contribution is 0.0533. The summed E-state index contributed by atoms with van der Waals surface area (Å²) in [5.74, 6) is 0.932. The van der Waals surface area contributed by atoms with Crippen LogP contribution in [0.15, 0.2) is 53.5 Å². The fourth-order valence-corrected chi connectivity index (χ4v) is 4.75. The molecule has 1 aromatic heterocycles. The van der Waals surface area contributed by atoms with Crippen LogP contribution in [0.2, 0.25) is 0 Å². The Balaban J connectivity index is 2.13. The van der Waals surface area contributed by atoms with Crippen LogP contribution in [0.5, 0.6) is 11.5 Å². The van der Waals surface area contributed by atoms with Crippen molar-refractivity contribution in [3.05, 3.63) is 58.1 Å². The summed E-state index contributed by atoms with van der Waals surface area (Å²) < 4.78 is 16.7. The van der Waals surface area contributed by atoms with Gasteiger partial charge in [-0.05, 0) is 31.2 Å². The number of para-hydroxylation sites is 4. The van der Waals surface area contributed by atoms with E-state index in [4.69, 9.17) is 19.2 Å². The minimum Gasteiger partial charge on any atom is -0.495 e. The van der Waals surface area contributed by atoms with Gasteiger partial charge in [0.25, 0.3) is 0 Å². The molecule has 146 valence electrons. The highest BCUT2D eigenvalue weighted by Gasteiger charge is 2.20. The zero-order valence-electron chi connectivity index (χ0n) is 15.7. The van der Waals surface area contributed by atoms with Crippen LogP contribution in [0.25, 0.3) is 0 Å². The van der Waals surface area contributed by atoms with Gasteiger partial charge >= 0.3 is 5.97 Å². The second-order valence-corrected chi connectivity index (χ2v) is 7.63. The molecule has 0 saturated carbocycles. The van der Waals surface area contributed by atoms with Crippen LogP contribution in [0.4, 0.5) is 17.1 Å². The Hall–Kier alpha value is -2.84. The Labute approximate surface area is 170 Å². The summed E-state index contributed by atoms with van der Waals surface area (Å²) in [4.78, 5) is 17.6. The molecule has 0 aliphatic heterocycles. The number of rotatable bonds is 7. The lowest BCUT2D eigenvalue weighted by Gasteiger charge is -2.11. The Kier molecular flexibility index (Phi) is 6.67. The number of carbonyl (C=O) groups is 1. The van der Waals surface area contributed by atoms with E-state index in [1.165, 1.54) is 20.7 Å². The minimum atomic E-state index is -0.386. The lowest BCUT2D eigenvalue weighted by Crippen LogP contribution is -2.10. The van der Waals surface area contributed by atoms with Crippen LogP contribution < -0.4 is 19.5 Å². The SMILES string of the molecule is CCOC(=O)c1ssc(=Nc2ccccc2OC)c1Nc1ccccc1OC. The Bertz CT molecular complexity index is 1030. The maximum Gasteiger partial charge on any atom is 0.351 e. The van der Waals surface area contributed by atoms with E-state index in [1.807, 2.05) is 48.5 Å². The van der Waals surface area contributed by atoms with Gasteiger partial charge in [0.15, 0.2) is 4.67 Å². The van der Waals surface area contributed by atoms with Gasteiger partial charge < -0.3 is 19.5 Å². The van der Waals surface area contributed by atoms with E-state index in [-0.39, 0.29) is 5.97 Å². The monoisotopic (exact) mass is 416 g/mol. The molecular formula is C20H20N2O4S2. The highest BCUT2D eigenvalue weighted by molar-refractivity contribution is 7.69. The molecule has 28 heavy (non-hydrogen) atoms. The van der Waals surface area contributed by atoms with Gasteiger partial charge in [0.05, 0.1) is 26.5 Å². The second kappa shape index (κ2) is 9.38. The molecule has 0 radical (unpaired) electrons. The van der Waals surface area contributed by atoms with Gasteiger partial charge in [-0.3, -0.25) is 0 Å². The number of benzene rings is 2. The van der Waals surface area contributed by atoms with Crippen LogP contribution in [0.3, 0.4) is 0 Å². The molecular weight excluding hydrogens is 396 g/mol. The molecule has 2 aromatic carbocycles. The van der Waals surface area contributed by atoms with Gasteiger partial charge in [-0.15, -0.1) is 0 Å². The minimum absolute atomic E-state index is 0.300. The Morgan fingerprint density at radius 2 is 1.68 bits per heavy atom. The Morgan fingerprint density at radius 1 is 1.00 bits per heavy atom. The molecule has 8 heteroatoms. The number of methoxy groups -OCH3 is 2. The number of anilines is 2. The Morgan fingerprint density at radius 3 is 2.39 bits per heavy atom. The molecule has 1 heterocycles. The topological polar surface area (TPSA) is 69.2 Å². The number of carbonyl (C=O) groups excluding carboxylic acids is 1. The van der Waals surface area contributed by atoms with Crippen molar-refractivity contribution in [1.82, 2.24) is 0 Å². The third-order valence-corrected chi connectivity index (χ3v) is 6.08. The molecule has 0 amide bonds. The first kappa shape index (κ1) is 19.9. The number of esters is 1. The summed E-state index contributed by atoms with van der Waals surface area (Å²) in [6.07, 6.45) is 0. The predicted molar refractivity (Wildman–Crippen MR) is 113 cm³/mol. The summed E-state index contributed by atoms with van der Waals surface area (Å²) in [5.41, 5.74) is 2.00. The maximum atomic E-state index is 12.5. The summed E-state index contributed by atoms with van der Waals surface area (Å²) in [6.45, 7) is 2.08. The lowest BCUT2D eigenvalue weighted by atomic mass is 10.2. The van der Waals surface area contributed by atoms with Gasteiger partial charge in [0.1, 0.15) is 27.8 Å². The molecule has 0 spiro atoms. The fraction of sp³-hybridized carbons (Fsp3) is 0.200. The molecule has 0 bridgehead atoms. The molecule has 1 N–H and O–H groups in total. The number of nitrogens with one attached hydrogen (secondary N) is 1. The average molecular weight is 417 g/mol. The van der Waals surface area contributed by atoms with E-state index in [0.717, 1.165) is 5.69 Å². The summed E-state index contributed by atoms with van der Waals surface area (Å²) in [6, 6.07) is 15.0. The van der Waals surface area contributed by atoms with Crippen LogP contribution in [0, 0.1) is 0 Å². The summed E-state index contributed by atoms with van der Waals surface area (Å²) >= 11 is 0. The molecule has 0 aliphatic carbocycles. The van der Waals surface area contributed by atoms with Crippen molar-refractivity contribution in [1.29, 1.82) is 0 Å². The van der Waals surface area contributed by atoms with E-state index >= 15 is 0 Å². The van der Waals surface area contributed by atoms with E-state index in [2.05, 4.69) is 5.32 Å². The maximum absolute atomic E-state index is 12.5. The third kappa shape index (κ3) is 4.35. The molecule has 0 saturated heterocycles. The largest absolute Gasteiger partial charge is 0.495 e. The number of nitrogens with zero attached hydrogens (tertiary/aromatic N) is 1. The zero-order valence-corrected chi connectivity index (χ0v) is 17.4. The zero-order chi connectivity index (χ0) is 19.9. The molecule has 0 fully saturated rings. The van der Waals surface area contributed by atoms with Crippen molar-refractivity contribution < 1.29 is 19.0 Å². The number of ether oxygens (including phenoxy) is 3. The van der Waals surface area contributed by atoms with Gasteiger partial charge in [-0.1, -0.05) is 44.9 Å². The van der Waals surface area contributed by atoms with E-state index in [0.29, 0.717) is 39.0 Å². The molecule has 3 rings (SSSR count). The standard InChI is InChI=1S/C20H20N2O4S2/c1-4-26-20(23)18-17(21-13-9-5-7-11-15(13)24-2)19(28-27-18)22-14-10-6-8-12-16(14)25-3/h5-12,21H,4H2,1-3H3. The quantitative estimate of drug-likeness (QED) is 0.435. The second-order valence-electron chi connectivity index (χ2n) is 5.51. The van der Waals surface area contributed by atoms with Crippen molar-refractivity contribution in [2.45, 2.75) is 6.92 Å². The third-order valence-electron chi connectivity index (χ3n) is 3.78. The van der Waals surface area contributed by atoms with Crippen molar-refractivity contribution in [3.63, 3.8) is 0 Å². The predicted octanol–water partition coefficient (Wildman–Crippen LogP) is 4.98. The van der Waals surface area contributed by atoms with Crippen LogP contribution in [-0.4, -0.2) is 26.8 Å². The van der Waals surface area contributed by atoms with Crippen molar-refractivity contribution >= 4 is 43.7 Å². The molecule has 0 unspecified atom stereocenters. The summed E-state index contributed by atoms with van der Waals surface area (Å²) in [7, 11) is 5.91. The summed E-state index contributed by atoms with van der Waals surface area (Å²) in [5, 5.41) is 3.30. The molecule has 3 aromatic rings.